The van der Waals surface area contributed by atoms with Crippen LogP contribution in [0.15, 0.2) is 18.3 Å². The van der Waals surface area contributed by atoms with E-state index in [1.165, 1.54) is 37.3 Å². The van der Waals surface area contributed by atoms with Gasteiger partial charge in [0.05, 0.1) is 10.6 Å². The van der Waals surface area contributed by atoms with E-state index in [0.717, 1.165) is 0 Å². The molecule has 7 nitrogen and oxygen atoms in total. The van der Waals surface area contributed by atoms with Gasteiger partial charge in [-0.05, 0) is 18.6 Å². The molecule has 1 aliphatic heterocycles. The maximum atomic E-state index is 15.3. The van der Waals surface area contributed by atoms with Crippen molar-refractivity contribution in [3.05, 3.63) is 40.3 Å². The van der Waals surface area contributed by atoms with E-state index in [1.807, 2.05) is 0 Å². The molecule has 4 N–H and O–H groups in total. The lowest BCUT2D eigenvalue weighted by molar-refractivity contribution is -0.122. The fourth-order valence-electron chi connectivity index (χ4n) is 3.48. The Hall–Kier alpha value is -2.87. The third kappa shape index (κ3) is 3.85. The number of halogens is 2. The van der Waals surface area contributed by atoms with Crippen molar-refractivity contribution in [2.24, 2.45) is 0 Å². The van der Waals surface area contributed by atoms with Crippen LogP contribution in [0.25, 0.3) is 11.1 Å². The van der Waals surface area contributed by atoms with E-state index >= 15 is 4.39 Å². The van der Waals surface area contributed by atoms with Gasteiger partial charge in [-0.3, -0.25) is 9.59 Å². The van der Waals surface area contributed by atoms with E-state index in [-0.39, 0.29) is 28.6 Å². The topological polar surface area (TPSA) is 100 Å². The van der Waals surface area contributed by atoms with Gasteiger partial charge in [0.2, 0.25) is 5.91 Å². The molecule has 0 radical (unpaired) electrons. The summed E-state index contributed by atoms with van der Waals surface area (Å²) in [6.45, 7) is 0.424. The number of anilines is 2. The van der Waals surface area contributed by atoms with Crippen LogP contribution in [0, 0.1) is 5.82 Å². The van der Waals surface area contributed by atoms with Gasteiger partial charge in [0.1, 0.15) is 11.6 Å². The Kier molecular flexibility index (Phi) is 5.93. The number of benzene rings is 1. The quantitative estimate of drug-likeness (QED) is 0.661. The molecule has 1 aromatic carbocycles. The number of carbonyl (C=O) groups excluding carboxylic acids is 2. The van der Waals surface area contributed by atoms with Crippen molar-refractivity contribution in [1.82, 2.24) is 15.2 Å². The molecule has 154 valence electrons. The molecule has 1 aromatic heterocycles. The minimum atomic E-state index is -0.743. The fraction of sp³-hybridized carbons (Fsp3) is 0.350. The Morgan fingerprint density at radius 3 is 2.69 bits per heavy atom. The first kappa shape index (κ1) is 20.9. The SMILES string of the molecule is CNc1ncc(-c2ccc(N)c(C(=O)N(C)C)c2F)c(Cl)c1C1CCC(=O)NC1. The highest BCUT2D eigenvalue weighted by Crippen LogP contribution is 2.41. The number of nitrogens with one attached hydrogen (secondary N) is 2. The number of nitrogens with zero attached hydrogens (tertiary/aromatic N) is 2. The molecular formula is C20H23ClFN5O2. The van der Waals surface area contributed by atoms with E-state index < -0.39 is 11.7 Å². The number of rotatable bonds is 4. The van der Waals surface area contributed by atoms with Crippen LogP contribution in [0.4, 0.5) is 15.9 Å². The second-order valence-electron chi connectivity index (χ2n) is 7.13. The molecule has 0 aliphatic carbocycles. The molecule has 0 spiro atoms. The van der Waals surface area contributed by atoms with Crippen molar-refractivity contribution in [3.63, 3.8) is 0 Å². The molecule has 2 heterocycles. The summed E-state index contributed by atoms with van der Waals surface area (Å²) in [5.74, 6) is -0.778. The van der Waals surface area contributed by atoms with Crippen LogP contribution >= 0.6 is 11.6 Å². The Bertz CT molecular complexity index is 970. The molecule has 0 bridgehead atoms. The number of hydrogen-bond donors (Lipinski definition) is 3. The van der Waals surface area contributed by atoms with E-state index in [0.29, 0.717) is 41.4 Å². The Morgan fingerprint density at radius 2 is 2.10 bits per heavy atom. The van der Waals surface area contributed by atoms with Gasteiger partial charge in [-0.15, -0.1) is 0 Å². The monoisotopic (exact) mass is 419 g/mol. The van der Waals surface area contributed by atoms with E-state index in [9.17, 15) is 9.59 Å². The minimum Gasteiger partial charge on any atom is -0.398 e. The number of pyridine rings is 1. The van der Waals surface area contributed by atoms with Gasteiger partial charge in [0.15, 0.2) is 0 Å². The molecule has 1 fully saturated rings. The van der Waals surface area contributed by atoms with Crippen LogP contribution in [0.2, 0.25) is 5.02 Å². The van der Waals surface area contributed by atoms with Crippen molar-refractivity contribution in [1.29, 1.82) is 0 Å². The van der Waals surface area contributed by atoms with Crippen LogP contribution in [0.1, 0.15) is 34.7 Å². The standard InChI is InChI=1S/C20H23ClFN5O2/c1-24-19-15(10-4-7-14(28)25-8-10)17(21)12(9-26-19)11-5-6-13(23)16(18(11)22)20(29)27(2)3/h5-6,9-10H,4,7-8,23H2,1-3H3,(H,24,26)(H,25,28). The number of aromatic nitrogens is 1. The molecule has 2 aromatic rings. The lowest BCUT2D eigenvalue weighted by atomic mass is 9.89. The summed E-state index contributed by atoms with van der Waals surface area (Å²) in [5, 5.41) is 6.17. The van der Waals surface area contributed by atoms with Gasteiger partial charge in [-0.1, -0.05) is 11.6 Å². The van der Waals surface area contributed by atoms with Gasteiger partial charge >= 0.3 is 0 Å². The maximum Gasteiger partial charge on any atom is 0.258 e. The average Bonchev–Trinajstić information content (AvgIpc) is 2.69. The van der Waals surface area contributed by atoms with Crippen LogP contribution in [-0.4, -0.2) is 49.4 Å². The summed E-state index contributed by atoms with van der Waals surface area (Å²) in [6, 6.07) is 2.98. The Labute approximate surface area is 173 Å². The number of amides is 2. The second kappa shape index (κ2) is 8.24. The van der Waals surface area contributed by atoms with Crippen molar-refractivity contribution >= 4 is 34.9 Å². The summed E-state index contributed by atoms with van der Waals surface area (Å²) in [4.78, 5) is 29.6. The fourth-order valence-corrected chi connectivity index (χ4v) is 3.88. The Balaban J connectivity index is 2.15. The third-order valence-corrected chi connectivity index (χ3v) is 5.45. The van der Waals surface area contributed by atoms with E-state index in [2.05, 4.69) is 15.6 Å². The second-order valence-corrected chi connectivity index (χ2v) is 7.51. The predicted molar refractivity (Wildman–Crippen MR) is 112 cm³/mol. The molecule has 9 heteroatoms. The van der Waals surface area contributed by atoms with Gasteiger partial charge in [0.25, 0.3) is 5.91 Å². The number of carbonyl (C=O) groups is 2. The van der Waals surface area contributed by atoms with Crippen LogP contribution < -0.4 is 16.4 Å². The zero-order valence-corrected chi connectivity index (χ0v) is 17.2. The predicted octanol–water partition coefficient (Wildman–Crippen LogP) is 2.86. The molecule has 29 heavy (non-hydrogen) atoms. The smallest absolute Gasteiger partial charge is 0.258 e. The average molecular weight is 420 g/mol. The molecule has 1 unspecified atom stereocenters. The largest absolute Gasteiger partial charge is 0.398 e. The number of hydrogen-bond acceptors (Lipinski definition) is 5. The number of piperidine rings is 1. The van der Waals surface area contributed by atoms with Gasteiger partial charge < -0.3 is 21.3 Å². The molecule has 1 saturated heterocycles. The van der Waals surface area contributed by atoms with Crippen LogP contribution in [0.3, 0.4) is 0 Å². The highest BCUT2D eigenvalue weighted by Gasteiger charge is 2.28. The lowest BCUT2D eigenvalue weighted by Gasteiger charge is -2.26. The zero-order chi connectivity index (χ0) is 21.3. The molecular weight excluding hydrogens is 397 g/mol. The first-order valence-corrected chi connectivity index (χ1v) is 9.56. The zero-order valence-electron chi connectivity index (χ0n) is 16.5. The van der Waals surface area contributed by atoms with E-state index in [4.69, 9.17) is 17.3 Å². The molecule has 1 aliphatic rings. The summed E-state index contributed by atoms with van der Waals surface area (Å²) in [7, 11) is 4.78. The van der Waals surface area contributed by atoms with Crippen LogP contribution in [-0.2, 0) is 4.79 Å². The first-order chi connectivity index (χ1) is 13.8. The number of nitrogen functional groups attached to an aromatic ring is 1. The van der Waals surface area contributed by atoms with Crippen molar-refractivity contribution < 1.29 is 14.0 Å². The van der Waals surface area contributed by atoms with Crippen LogP contribution in [0.5, 0.6) is 0 Å². The lowest BCUT2D eigenvalue weighted by Crippen LogP contribution is -2.34. The maximum absolute atomic E-state index is 15.3. The summed E-state index contributed by atoms with van der Waals surface area (Å²) in [5.41, 5.74) is 6.93. The normalized spacial score (nSPS) is 16.3. The molecule has 0 saturated carbocycles. The van der Waals surface area contributed by atoms with E-state index in [1.54, 1.807) is 7.05 Å². The minimum absolute atomic E-state index is 0.0103. The van der Waals surface area contributed by atoms with Gasteiger partial charge in [-0.2, -0.15) is 0 Å². The first-order valence-electron chi connectivity index (χ1n) is 9.19. The Morgan fingerprint density at radius 1 is 1.38 bits per heavy atom. The summed E-state index contributed by atoms with van der Waals surface area (Å²) >= 11 is 6.72. The summed E-state index contributed by atoms with van der Waals surface area (Å²) in [6.07, 6.45) is 2.46. The van der Waals surface area contributed by atoms with Gasteiger partial charge in [0, 0.05) is 68.6 Å². The highest BCUT2D eigenvalue weighted by atomic mass is 35.5. The molecule has 1 atom stereocenters. The summed E-state index contributed by atoms with van der Waals surface area (Å²) < 4.78 is 15.3. The van der Waals surface area contributed by atoms with Crippen molar-refractivity contribution in [2.75, 3.05) is 38.7 Å². The van der Waals surface area contributed by atoms with Crippen molar-refractivity contribution in [3.8, 4) is 11.1 Å². The molecule has 2 amide bonds. The molecule has 3 rings (SSSR count). The number of nitrogens with two attached hydrogens (primary N) is 1. The third-order valence-electron chi connectivity index (χ3n) is 5.05. The highest BCUT2D eigenvalue weighted by molar-refractivity contribution is 6.34. The van der Waals surface area contributed by atoms with Crippen molar-refractivity contribution in [2.45, 2.75) is 18.8 Å². The van der Waals surface area contributed by atoms with Gasteiger partial charge in [-0.25, -0.2) is 9.37 Å².